The van der Waals surface area contributed by atoms with E-state index in [1.165, 1.54) is 6.42 Å². The summed E-state index contributed by atoms with van der Waals surface area (Å²) in [5.74, 6) is 0.289. The first-order chi connectivity index (χ1) is 13.5. The average molecular weight is 420 g/mol. The fourth-order valence-electron chi connectivity index (χ4n) is 5.33. The Morgan fingerprint density at radius 3 is 2.31 bits per heavy atom. The zero-order valence-electron chi connectivity index (χ0n) is 17.7. The highest BCUT2D eigenvalue weighted by atomic mass is 35.5. The Labute approximate surface area is 180 Å². The van der Waals surface area contributed by atoms with E-state index in [0.29, 0.717) is 12.0 Å². The molecule has 0 radical (unpaired) electrons. The normalized spacial score (nSPS) is 23.7. The SMILES string of the molecule is Cc1cc(C)cc(C(=O)N2CCCC(C(=O)N3CCC4(CCNC4)CC3)C2)c1.Cl. The van der Waals surface area contributed by atoms with E-state index in [2.05, 4.69) is 16.3 Å². The molecule has 2 amide bonds. The Kier molecular flexibility index (Phi) is 6.90. The monoisotopic (exact) mass is 419 g/mol. The van der Waals surface area contributed by atoms with E-state index in [-0.39, 0.29) is 30.1 Å². The number of hydrogen-bond donors (Lipinski definition) is 1. The lowest BCUT2D eigenvalue weighted by molar-refractivity contribution is -0.139. The predicted octanol–water partition coefficient (Wildman–Crippen LogP) is 3.18. The molecule has 29 heavy (non-hydrogen) atoms. The molecule has 1 aromatic carbocycles. The van der Waals surface area contributed by atoms with Gasteiger partial charge in [-0.25, -0.2) is 0 Å². The highest BCUT2D eigenvalue weighted by Gasteiger charge is 2.40. The Morgan fingerprint density at radius 2 is 1.69 bits per heavy atom. The maximum absolute atomic E-state index is 13.1. The van der Waals surface area contributed by atoms with Crippen molar-refractivity contribution in [3.05, 3.63) is 34.9 Å². The van der Waals surface area contributed by atoms with Crippen molar-refractivity contribution in [3.63, 3.8) is 0 Å². The van der Waals surface area contributed by atoms with Crippen LogP contribution in [0.4, 0.5) is 0 Å². The van der Waals surface area contributed by atoms with Crippen molar-refractivity contribution < 1.29 is 9.59 Å². The molecule has 3 aliphatic heterocycles. The lowest BCUT2D eigenvalue weighted by atomic mass is 9.77. The van der Waals surface area contributed by atoms with Gasteiger partial charge in [-0.15, -0.1) is 12.4 Å². The van der Waals surface area contributed by atoms with E-state index >= 15 is 0 Å². The number of nitrogens with zero attached hydrogens (tertiary/aromatic N) is 2. The zero-order valence-corrected chi connectivity index (χ0v) is 18.5. The van der Waals surface area contributed by atoms with E-state index in [0.717, 1.165) is 75.1 Å². The van der Waals surface area contributed by atoms with Crippen LogP contribution in [0.15, 0.2) is 18.2 Å². The average Bonchev–Trinajstić information content (AvgIpc) is 3.15. The first-order valence-electron chi connectivity index (χ1n) is 10.8. The fourth-order valence-corrected chi connectivity index (χ4v) is 5.33. The molecule has 1 spiro atoms. The van der Waals surface area contributed by atoms with Gasteiger partial charge < -0.3 is 15.1 Å². The van der Waals surface area contributed by atoms with Crippen molar-refractivity contribution in [1.82, 2.24) is 15.1 Å². The number of hydrogen-bond acceptors (Lipinski definition) is 3. The Balaban J connectivity index is 0.00000240. The maximum Gasteiger partial charge on any atom is 0.253 e. The van der Waals surface area contributed by atoms with E-state index in [9.17, 15) is 9.59 Å². The summed E-state index contributed by atoms with van der Waals surface area (Å²) in [6, 6.07) is 6.00. The van der Waals surface area contributed by atoms with Gasteiger partial charge in [0.05, 0.1) is 5.92 Å². The van der Waals surface area contributed by atoms with Crippen molar-refractivity contribution in [2.24, 2.45) is 11.3 Å². The molecular weight excluding hydrogens is 386 g/mol. The molecule has 160 valence electrons. The summed E-state index contributed by atoms with van der Waals surface area (Å²) in [5, 5.41) is 3.48. The maximum atomic E-state index is 13.1. The third-order valence-electron chi connectivity index (χ3n) is 6.99. The second-order valence-corrected chi connectivity index (χ2v) is 9.22. The van der Waals surface area contributed by atoms with E-state index in [4.69, 9.17) is 0 Å². The standard InChI is InChI=1S/C23H33N3O2.ClH/c1-17-12-18(2)14-20(13-17)22(28)26-9-3-4-19(15-26)21(27)25-10-6-23(7-11-25)5-8-24-16-23;/h12-14,19,24H,3-11,15-16H2,1-2H3;1H. The summed E-state index contributed by atoms with van der Waals surface area (Å²) < 4.78 is 0. The van der Waals surface area contributed by atoms with Crippen LogP contribution in [0, 0.1) is 25.2 Å². The van der Waals surface area contributed by atoms with Gasteiger partial charge in [0, 0.05) is 38.3 Å². The van der Waals surface area contributed by atoms with Crippen LogP contribution in [0.2, 0.25) is 0 Å². The minimum Gasteiger partial charge on any atom is -0.342 e. The van der Waals surface area contributed by atoms with Gasteiger partial charge in [0.1, 0.15) is 0 Å². The highest BCUT2D eigenvalue weighted by molar-refractivity contribution is 5.95. The summed E-state index contributed by atoms with van der Waals surface area (Å²) in [6.07, 6.45) is 5.29. The van der Waals surface area contributed by atoms with Gasteiger partial charge in [-0.1, -0.05) is 17.2 Å². The molecule has 1 N–H and O–H groups in total. The number of carbonyl (C=O) groups is 2. The van der Waals surface area contributed by atoms with Gasteiger partial charge in [0.2, 0.25) is 5.91 Å². The number of nitrogens with one attached hydrogen (secondary N) is 1. The Hall–Kier alpha value is -1.59. The van der Waals surface area contributed by atoms with Crippen LogP contribution in [-0.2, 0) is 4.79 Å². The van der Waals surface area contributed by atoms with Gasteiger partial charge in [0.25, 0.3) is 5.91 Å². The summed E-state index contributed by atoms with van der Waals surface area (Å²) in [6.45, 7) is 9.34. The van der Waals surface area contributed by atoms with Crippen LogP contribution in [0.25, 0.3) is 0 Å². The molecular formula is C23H34ClN3O2. The van der Waals surface area contributed by atoms with Crippen molar-refractivity contribution in [3.8, 4) is 0 Å². The van der Waals surface area contributed by atoms with Crippen LogP contribution >= 0.6 is 12.4 Å². The lowest BCUT2D eigenvalue weighted by Gasteiger charge is -2.41. The largest absolute Gasteiger partial charge is 0.342 e. The minimum atomic E-state index is -0.0423. The summed E-state index contributed by atoms with van der Waals surface area (Å²) in [7, 11) is 0. The molecule has 0 aliphatic carbocycles. The van der Waals surface area contributed by atoms with Crippen molar-refractivity contribution in [2.45, 2.75) is 46.0 Å². The topological polar surface area (TPSA) is 52.7 Å². The first-order valence-corrected chi connectivity index (χ1v) is 10.8. The van der Waals surface area contributed by atoms with E-state index in [1.54, 1.807) is 0 Å². The van der Waals surface area contributed by atoms with Gasteiger partial charge in [0.15, 0.2) is 0 Å². The Morgan fingerprint density at radius 1 is 1.00 bits per heavy atom. The number of carbonyl (C=O) groups excluding carboxylic acids is 2. The molecule has 3 heterocycles. The van der Waals surface area contributed by atoms with Gasteiger partial charge in [-0.2, -0.15) is 0 Å². The highest BCUT2D eigenvalue weighted by Crippen LogP contribution is 2.37. The number of aryl methyl sites for hydroxylation is 2. The van der Waals surface area contributed by atoms with Gasteiger partial charge >= 0.3 is 0 Å². The second-order valence-electron chi connectivity index (χ2n) is 9.22. The molecule has 3 aliphatic rings. The van der Waals surface area contributed by atoms with E-state index < -0.39 is 0 Å². The van der Waals surface area contributed by atoms with Crippen molar-refractivity contribution in [2.75, 3.05) is 39.3 Å². The zero-order chi connectivity index (χ0) is 19.7. The lowest BCUT2D eigenvalue weighted by Crippen LogP contribution is -2.50. The quantitative estimate of drug-likeness (QED) is 0.800. The molecule has 4 rings (SSSR count). The molecule has 1 unspecified atom stereocenters. The molecule has 6 heteroatoms. The minimum absolute atomic E-state index is 0. The molecule has 3 saturated heterocycles. The first kappa shape index (κ1) is 22.1. The summed E-state index contributed by atoms with van der Waals surface area (Å²) in [5.41, 5.74) is 3.39. The van der Waals surface area contributed by atoms with Gasteiger partial charge in [-0.05, 0) is 70.0 Å². The number of piperidine rings is 2. The van der Waals surface area contributed by atoms with Crippen molar-refractivity contribution in [1.29, 1.82) is 0 Å². The van der Waals surface area contributed by atoms with Gasteiger partial charge in [-0.3, -0.25) is 9.59 Å². The third-order valence-corrected chi connectivity index (χ3v) is 6.99. The van der Waals surface area contributed by atoms with Crippen LogP contribution in [0.1, 0.15) is 53.6 Å². The van der Waals surface area contributed by atoms with Crippen LogP contribution in [-0.4, -0.2) is 60.9 Å². The number of amides is 2. The van der Waals surface area contributed by atoms with Crippen LogP contribution < -0.4 is 5.32 Å². The second kappa shape index (κ2) is 9.05. The molecule has 0 aromatic heterocycles. The molecule has 1 atom stereocenters. The molecule has 5 nitrogen and oxygen atoms in total. The molecule has 0 saturated carbocycles. The molecule has 0 bridgehead atoms. The molecule has 3 fully saturated rings. The Bertz CT molecular complexity index is 730. The van der Waals surface area contributed by atoms with Crippen LogP contribution in [0.3, 0.4) is 0 Å². The van der Waals surface area contributed by atoms with Crippen LogP contribution in [0.5, 0.6) is 0 Å². The summed E-state index contributed by atoms with van der Waals surface area (Å²) in [4.78, 5) is 30.1. The predicted molar refractivity (Wildman–Crippen MR) is 118 cm³/mol. The fraction of sp³-hybridized carbons (Fsp3) is 0.652. The third kappa shape index (κ3) is 4.77. The molecule has 1 aromatic rings. The summed E-state index contributed by atoms with van der Waals surface area (Å²) >= 11 is 0. The smallest absolute Gasteiger partial charge is 0.253 e. The number of halogens is 1. The number of benzene rings is 1. The van der Waals surface area contributed by atoms with E-state index in [1.807, 2.05) is 30.9 Å². The number of rotatable bonds is 2. The van der Waals surface area contributed by atoms with Crippen molar-refractivity contribution >= 4 is 24.2 Å². The number of likely N-dealkylation sites (tertiary alicyclic amines) is 2.